The Morgan fingerprint density at radius 3 is 2.63 bits per heavy atom. The molecule has 146 valence electrons. The second-order valence-electron chi connectivity index (χ2n) is 6.53. The van der Waals surface area contributed by atoms with Gasteiger partial charge in [0.15, 0.2) is 0 Å². The van der Waals surface area contributed by atoms with E-state index in [1.54, 1.807) is 11.3 Å². The van der Waals surface area contributed by atoms with E-state index in [1.165, 1.54) is 12.1 Å². The van der Waals surface area contributed by atoms with Crippen LogP contribution in [0.15, 0.2) is 40.6 Å². The number of hydrogen-bond acceptors (Lipinski definition) is 6. The van der Waals surface area contributed by atoms with Gasteiger partial charge in [0.2, 0.25) is 10.0 Å². The molecule has 0 amide bonds. The number of sulfonamides is 1. The van der Waals surface area contributed by atoms with Gasteiger partial charge >= 0.3 is 0 Å². The lowest BCUT2D eigenvalue weighted by Crippen LogP contribution is -2.36. The molecule has 1 fully saturated rings. The highest BCUT2D eigenvalue weighted by Crippen LogP contribution is 2.29. The summed E-state index contributed by atoms with van der Waals surface area (Å²) in [6.45, 7) is 3.97. The number of nitro benzene ring substituents is 1. The van der Waals surface area contributed by atoms with Crippen molar-refractivity contribution >= 4 is 27.0 Å². The third-order valence-electron chi connectivity index (χ3n) is 4.85. The standard InChI is InChI=1S/C18H23N3O4S2/c1-2-14-7-8-15(21(22)23)12-18(14)27(24,25)19-13-16(17-6-5-11-26-17)20-9-3-4-10-20/h5-8,11-12,16,19H,2-4,9-10,13H2,1H3. The van der Waals surface area contributed by atoms with Gasteiger partial charge in [0.05, 0.1) is 15.9 Å². The highest BCUT2D eigenvalue weighted by molar-refractivity contribution is 7.89. The van der Waals surface area contributed by atoms with Gasteiger partial charge in [0, 0.05) is 23.6 Å². The summed E-state index contributed by atoms with van der Waals surface area (Å²) in [4.78, 5) is 13.9. The van der Waals surface area contributed by atoms with Crippen molar-refractivity contribution in [1.29, 1.82) is 0 Å². The molecule has 0 aliphatic carbocycles. The fourth-order valence-electron chi connectivity index (χ4n) is 3.41. The lowest BCUT2D eigenvalue weighted by Gasteiger charge is -2.27. The first kappa shape index (κ1) is 19.9. The van der Waals surface area contributed by atoms with Gasteiger partial charge in [0.25, 0.3) is 5.69 Å². The molecule has 2 heterocycles. The summed E-state index contributed by atoms with van der Waals surface area (Å²) in [7, 11) is -3.85. The lowest BCUT2D eigenvalue weighted by molar-refractivity contribution is -0.385. The molecule has 1 saturated heterocycles. The molecule has 9 heteroatoms. The number of non-ortho nitro benzene ring substituents is 1. The molecular weight excluding hydrogens is 386 g/mol. The second kappa shape index (κ2) is 8.47. The minimum absolute atomic E-state index is 0.00875. The monoisotopic (exact) mass is 409 g/mol. The highest BCUT2D eigenvalue weighted by atomic mass is 32.2. The Labute approximate surface area is 163 Å². The molecule has 1 aromatic heterocycles. The molecule has 1 N–H and O–H groups in total. The summed E-state index contributed by atoms with van der Waals surface area (Å²) in [6, 6.07) is 7.98. The molecule has 1 aromatic carbocycles. The number of nitro groups is 1. The molecule has 7 nitrogen and oxygen atoms in total. The first-order valence-electron chi connectivity index (χ1n) is 8.97. The number of thiophene rings is 1. The van der Waals surface area contributed by atoms with Crippen molar-refractivity contribution in [3.63, 3.8) is 0 Å². The van der Waals surface area contributed by atoms with Crippen LogP contribution in [-0.4, -0.2) is 37.9 Å². The normalized spacial score (nSPS) is 16.5. The van der Waals surface area contributed by atoms with E-state index in [2.05, 4.69) is 9.62 Å². The van der Waals surface area contributed by atoms with Gasteiger partial charge in [-0.25, -0.2) is 13.1 Å². The average Bonchev–Trinajstić information content (AvgIpc) is 3.35. The topological polar surface area (TPSA) is 92.5 Å². The van der Waals surface area contributed by atoms with Gasteiger partial charge in [-0.1, -0.05) is 19.1 Å². The molecule has 0 bridgehead atoms. The molecule has 1 aliphatic heterocycles. The number of nitrogens with one attached hydrogen (secondary N) is 1. The Morgan fingerprint density at radius 1 is 1.30 bits per heavy atom. The Kier molecular flexibility index (Phi) is 6.25. The van der Waals surface area contributed by atoms with Gasteiger partial charge in [0.1, 0.15) is 0 Å². The van der Waals surface area contributed by atoms with Crippen LogP contribution in [0.5, 0.6) is 0 Å². The van der Waals surface area contributed by atoms with Crippen LogP contribution in [-0.2, 0) is 16.4 Å². The fraction of sp³-hybridized carbons (Fsp3) is 0.444. The molecule has 0 saturated carbocycles. The van der Waals surface area contributed by atoms with E-state index in [-0.39, 0.29) is 23.2 Å². The number of aryl methyl sites for hydroxylation is 1. The van der Waals surface area contributed by atoms with Crippen LogP contribution in [0.1, 0.15) is 36.2 Å². The molecule has 27 heavy (non-hydrogen) atoms. The minimum Gasteiger partial charge on any atom is -0.294 e. The number of rotatable bonds is 8. The first-order chi connectivity index (χ1) is 12.9. The van der Waals surface area contributed by atoms with Crippen LogP contribution < -0.4 is 4.72 Å². The zero-order valence-electron chi connectivity index (χ0n) is 15.1. The minimum atomic E-state index is -3.85. The van der Waals surface area contributed by atoms with Crippen LogP contribution in [0.2, 0.25) is 0 Å². The lowest BCUT2D eigenvalue weighted by atomic mass is 10.1. The Bertz CT molecular complexity index is 891. The Morgan fingerprint density at radius 2 is 2.04 bits per heavy atom. The molecule has 3 rings (SSSR count). The Hall–Kier alpha value is -1.81. The second-order valence-corrected chi connectivity index (χ2v) is 9.24. The number of benzene rings is 1. The van der Waals surface area contributed by atoms with Crippen molar-refractivity contribution in [2.45, 2.75) is 37.1 Å². The zero-order chi connectivity index (χ0) is 19.4. The summed E-state index contributed by atoms with van der Waals surface area (Å²) in [5.74, 6) is 0. The third kappa shape index (κ3) is 4.55. The summed E-state index contributed by atoms with van der Waals surface area (Å²) >= 11 is 1.61. The van der Waals surface area contributed by atoms with E-state index in [0.717, 1.165) is 36.9 Å². The van der Waals surface area contributed by atoms with Gasteiger partial charge in [-0.15, -0.1) is 11.3 Å². The highest BCUT2D eigenvalue weighted by Gasteiger charge is 2.27. The number of hydrogen-bond donors (Lipinski definition) is 1. The molecule has 0 spiro atoms. The van der Waals surface area contributed by atoms with Gasteiger partial charge in [-0.2, -0.15) is 0 Å². The molecule has 1 atom stereocenters. The number of nitrogens with zero attached hydrogens (tertiary/aromatic N) is 2. The summed E-state index contributed by atoms with van der Waals surface area (Å²) in [6.07, 6.45) is 2.70. The van der Waals surface area contributed by atoms with Crippen LogP contribution in [0.25, 0.3) is 0 Å². The average molecular weight is 410 g/mol. The van der Waals surface area contributed by atoms with Crippen LogP contribution in [0, 0.1) is 10.1 Å². The van der Waals surface area contributed by atoms with Crippen LogP contribution in [0.3, 0.4) is 0 Å². The van der Waals surface area contributed by atoms with Crippen LogP contribution in [0.4, 0.5) is 5.69 Å². The van der Waals surface area contributed by atoms with Crippen molar-refractivity contribution in [3.05, 3.63) is 56.3 Å². The fourth-order valence-corrected chi connectivity index (χ4v) is 5.64. The van der Waals surface area contributed by atoms with E-state index < -0.39 is 14.9 Å². The van der Waals surface area contributed by atoms with E-state index >= 15 is 0 Å². The smallest absolute Gasteiger partial charge is 0.270 e. The van der Waals surface area contributed by atoms with E-state index in [9.17, 15) is 18.5 Å². The van der Waals surface area contributed by atoms with Crippen molar-refractivity contribution in [2.24, 2.45) is 0 Å². The quantitative estimate of drug-likeness (QED) is 0.533. The molecular formula is C18H23N3O4S2. The van der Waals surface area contributed by atoms with Crippen molar-refractivity contribution in [3.8, 4) is 0 Å². The molecule has 2 aromatic rings. The predicted molar refractivity (Wildman–Crippen MR) is 106 cm³/mol. The number of likely N-dealkylation sites (tertiary alicyclic amines) is 1. The summed E-state index contributed by atoms with van der Waals surface area (Å²) in [5, 5.41) is 13.0. The molecule has 0 radical (unpaired) electrons. The third-order valence-corrected chi connectivity index (χ3v) is 7.33. The maximum atomic E-state index is 12.9. The SMILES string of the molecule is CCc1ccc([N+](=O)[O-])cc1S(=O)(=O)NCC(c1cccs1)N1CCCC1. The van der Waals surface area contributed by atoms with Gasteiger partial charge in [-0.05, 0) is 49.4 Å². The molecule has 1 aliphatic rings. The maximum absolute atomic E-state index is 12.9. The van der Waals surface area contributed by atoms with E-state index in [4.69, 9.17) is 0 Å². The van der Waals surface area contributed by atoms with Gasteiger partial charge < -0.3 is 0 Å². The summed E-state index contributed by atoms with van der Waals surface area (Å²) < 4.78 is 28.5. The Balaban J connectivity index is 1.85. The van der Waals surface area contributed by atoms with Gasteiger partial charge in [-0.3, -0.25) is 15.0 Å². The summed E-state index contributed by atoms with van der Waals surface area (Å²) in [5.41, 5.74) is 0.351. The predicted octanol–water partition coefficient (Wildman–Crippen LogP) is 3.33. The first-order valence-corrected chi connectivity index (χ1v) is 11.3. The largest absolute Gasteiger partial charge is 0.294 e. The molecule has 1 unspecified atom stereocenters. The van der Waals surface area contributed by atoms with Crippen LogP contribution >= 0.6 is 11.3 Å². The van der Waals surface area contributed by atoms with Crippen molar-refractivity contribution < 1.29 is 13.3 Å². The maximum Gasteiger partial charge on any atom is 0.270 e. The van der Waals surface area contributed by atoms with Crippen molar-refractivity contribution in [1.82, 2.24) is 9.62 Å². The van der Waals surface area contributed by atoms with E-state index in [0.29, 0.717) is 12.0 Å². The van der Waals surface area contributed by atoms with E-state index in [1.807, 2.05) is 24.4 Å². The zero-order valence-corrected chi connectivity index (χ0v) is 16.8. The van der Waals surface area contributed by atoms with Crippen molar-refractivity contribution in [2.75, 3.05) is 19.6 Å².